The number of hydrogen-bond acceptors (Lipinski definition) is 2. The summed E-state index contributed by atoms with van der Waals surface area (Å²) in [5.74, 6) is 3.08. The highest BCUT2D eigenvalue weighted by Crippen LogP contribution is 2.28. The van der Waals surface area contributed by atoms with Crippen molar-refractivity contribution in [1.29, 1.82) is 0 Å². The van der Waals surface area contributed by atoms with E-state index in [1.54, 1.807) is 0 Å². The van der Waals surface area contributed by atoms with Crippen LogP contribution in [0.2, 0.25) is 0 Å². The maximum Gasteiger partial charge on any atom is 0.237 e. The SMILES string of the molecule is C#CCC(N)C(=O)NCCC1CCC1. The molecule has 0 aromatic heterocycles. The van der Waals surface area contributed by atoms with Crippen LogP contribution in [-0.4, -0.2) is 18.5 Å². The van der Waals surface area contributed by atoms with Crippen LogP contribution in [0.25, 0.3) is 0 Å². The number of nitrogens with two attached hydrogens (primary N) is 1. The summed E-state index contributed by atoms with van der Waals surface area (Å²) in [4.78, 5) is 11.3. The number of nitrogens with one attached hydrogen (secondary N) is 1. The van der Waals surface area contributed by atoms with E-state index >= 15 is 0 Å². The minimum atomic E-state index is -0.540. The van der Waals surface area contributed by atoms with Crippen LogP contribution in [0.3, 0.4) is 0 Å². The molecule has 0 radical (unpaired) electrons. The van der Waals surface area contributed by atoms with Gasteiger partial charge in [-0.2, -0.15) is 0 Å². The number of amides is 1. The van der Waals surface area contributed by atoms with E-state index in [4.69, 9.17) is 12.2 Å². The van der Waals surface area contributed by atoms with E-state index in [2.05, 4.69) is 11.2 Å². The molecule has 0 aliphatic heterocycles. The lowest BCUT2D eigenvalue weighted by atomic mass is 9.83. The Morgan fingerprint density at radius 1 is 1.64 bits per heavy atom. The van der Waals surface area contributed by atoms with Gasteiger partial charge in [0.05, 0.1) is 6.04 Å². The molecule has 0 aromatic carbocycles. The molecule has 1 aliphatic carbocycles. The van der Waals surface area contributed by atoms with Crippen molar-refractivity contribution in [3.8, 4) is 12.3 Å². The Labute approximate surface area is 85.4 Å². The molecule has 3 N–H and O–H groups in total. The first-order chi connectivity index (χ1) is 6.74. The molecule has 1 aliphatic rings. The average Bonchev–Trinajstić information content (AvgIpc) is 2.09. The van der Waals surface area contributed by atoms with Gasteiger partial charge in [-0.05, 0) is 12.3 Å². The van der Waals surface area contributed by atoms with Crippen molar-refractivity contribution in [2.45, 2.75) is 38.1 Å². The van der Waals surface area contributed by atoms with E-state index in [1.165, 1.54) is 19.3 Å². The van der Waals surface area contributed by atoms with Gasteiger partial charge in [0.25, 0.3) is 0 Å². The van der Waals surface area contributed by atoms with Gasteiger partial charge >= 0.3 is 0 Å². The predicted octanol–water partition coefficient (Wildman–Crippen LogP) is 0.643. The number of hydrogen-bond donors (Lipinski definition) is 2. The van der Waals surface area contributed by atoms with E-state index < -0.39 is 6.04 Å². The van der Waals surface area contributed by atoms with Crippen LogP contribution < -0.4 is 11.1 Å². The zero-order valence-electron chi connectivity index (χ0n) is 8.46. The van der Waals surface area contributed by atoms with Crippen molar-refractivity contribution in [3.05, 3.63) is 0 Å². The van der Waals surface area contributed by atoms with E-state index in [1.807, 2.05) is 0 Å². The molecule has 0 aromatic rings. The fourth-order valence-electron chi connectivity index (χ4n) is 1.53. The molecule has 0 heterocycles. The van der Waals surface area contributed by atoms with Crippen LogP contribution in [0.1, 0.15) is 32.1 Å². The third-order valence-corrected chi connectivity index (χ3v) is 2.75. The molecule has 78 valence electrons. The van der Waals surface area contributed by atoms with Crippen molar-refractivity contribution >= 4 is 5.91 Å². The largest absolute Gasteiger partial charge is 0.355 e. The second-order valence-corrected chi connectivity index (χ2v) is 3.89. The van der Waals surface area contributed by atoms with Gasteiger partial charge in [0.1, 0.15) is 0 Å². The monoisotopic (exact) mass is 194 g/mol. The summed E-state index contributed by atoms with van der Waals surface area (Å²) in [5.41, 5.74) is 5.54. The lowest BCUT2D eigenvalue weighted by molar-refractivity contribution is -0.122. The van der Waals surface area contributed by atoms with Crippen molar-refractivity contribution in [2.24, 2.45) is 11.7 Å². The molecule has 1 unspecified atom stereocenters. The number of terminal acetylenes is 1. The number of rotatable bonds is 5. The van der Waals surface area contributed by atoms with Gasteiger partial charge < -0.3 is 11.1 Å². The molecule has 1 atom stereocenters. The molecule has 1 rings (SSSR count). The van der Waals surface area contributed by atoms with E-state index in [-0.39, 0.29) is 5.91 Å². The maximum absolute atomic E-state index is 11.3. The highest BCUT2D eigenvalue weighted by molar-refractivity contribution is 5.81. The first-order valence-electron chi connectivity index (χ1n) is 5.20. The van der Waals surface area contributed by atoms with E-state index in [9.17, 15) is 4.79 Å². The van der Waals surface area contributed by atoms with Crippen LogP contribution in [0.5, 0.6) is 0 Å². The van der Waals surface area contributed by atoms with Gasteiger partial charge in [0.2, 0.25) is 5.91 Å². The highest BCUT2D eigenvalue weighted by atomic mass is 16.2. The summed E-state index contributed by atoms with van der Waals surface area (Å²) in [6.07, 6.45) is 10.4. The quantitative estimate of drug-likeness (QED) is 0.631. The lowest BCUT2D eigenvalue weighted by Crippen LogP contribution is -2.41. The molecule has 3 heteroatoms. The Bertz CT molecular complexity index is 228. The smallest absolute Gasteiger partial charge is 0.237 e. The van der Waals surface area contributed by atoms with Crippen LogP contribution >= 0.6 is 0 Å². The second-order valence-electron chi connectivity index (χ2n) is 3.89. The summed E-state index contributed by atoms with van der Waals surface area (Å²) >= 11 is 0. The number of carbonyl (C=O) groups excluding carboxylic acids is 1. The van der Waals surface area contributed by atoms with Crippen molar-refractivity contribution < 1.29 is 4.79 Å². The summed E-state index contributed by atoms with van der Waals surface area (Å²) in [6.45, 7) is 0.738. The van der Waals surface area contributed by atoms with Crippen molar-refractivity contribution in [2.75, 3.05) is 6.54 Å². The minimum Gasteiger partial charge on any atom is -0.355 e. The molecule has 3 nitrogen and oxygen atoms in total. The number of carbonyl (C=O) groups is 1. The normalized spacial score (nSPS) is 18.0. The fourth-order valence-corrected chi connectivity index (χ4v) is 1.53. The second kappa shape index (κ2) is 5.66. The predicted molar refractivity (Wildman–Crippen MR) is 56.4 cm³/mol. The van der Waals surface area contributed by atoms with Gasteiger partial charge in [-0.1, -0.05) is 19.3 Å². The van der Waals surface area contributed by atoms with Crippen molar-refractivity contribution in [3.63, 3.8) is 0 Å². The third-order valence-electron chi connectivity index (χ3n) is 2.75. The molecule has 1 saturated carbocycles. The zero-order chi connectivity index (χ0) is 10.4. The first-order valence-corrected chi connectivity index (χ1v) is 5.20. The zero-order valence-corrected chi connectivity index (χ0v) is 8.46. The Morgan fingerprint density at radius 2 is 2.36 bits per heavy atom. The Hall–Kier alpha value is -1.01. The molecule has 0 saturated heterocycles. The summed E-state index contributed by atoms with van der Waals surface area (Å²) in [7, 11) is 0. The molecule has 0 bridgehead atoms. The average molecular weight is 194 g/mol. The van der Waals surface area contributed by atoms with E-state index in [0.29, 0.717) is 6.42 Å². The van der Waals surface area contributed by atoms with Crippen LogP contribution in [0.4, 0.5) is 0 Å². The van der Waals surface area contributed by atoms with Gasteiger partial charge in [-0.15, -0.1) is 12.3 Å². The van der Waals surface area contributed by atoms with E-state index in [0.717, 1.165) is 18.9 Å². The topological polar surface area (TPSA) is 55.1 Å². The molecular weight excluding hydrogens is 176 g/mol. The molecule has 0 spiro atoms. The first kappa shape index (κ1) is 11.1. The highest BCUT2D eigenvalue weighted by Gasteiger charge is 2.17. The van der Waals surface area contributed by atoms with Crippen LogP contribution in [0, 0.1) is 18.3 Å². The van der Waals surface area contributed by atoms with Gasteiger partial charge in [0.15, 0.2) is 0 Å². The van der Waals surface area contributed by atoms with Crippen molar-refractivity contribution in [1.82, 2.24) is 5.32 Å². The van der Waals surface area contributed by atoms with Gasteiger partial charge in [-0.3, -0.25) is 4.79 Å². The Morgan fingerprint density at radius 3 is 2.86 bits per heavy atom. The molecule has 1 amide bonds. The molecule has 1 fully saturated rings. The molecule has 14 heavy (non-hydrogen) atoms. The standard InChI is InChI=1S/C11H18N2O/c1-2-4-10(12)11(14)13-8-7-9-5-3-6-9/h1,9-10H,3-8,12H2,(H,13,14). The minimum absolute atomic E-state index is 0.123. The maximum atomic E-state index is 11.3. The molecular formula is C11H18N2O. The lowest BCUT2D eigenvalue weighted by Gasteiger charge is -2.25. The summed E-state index contributed by atoms with van der Waals surface area (Å²) in [5, 5.41) is 2.81. The third kappa shape index (κ3) is 3.39. The Balaban J connectivity index is 2.05. The van der Waals surface area contributed by atoms with Crippen LogP contribution in [0.15, 0.2) is 0 Å². The summed E-state index contributed by atoms with van der Waals surface area (Å²) in [6, 6.07) is -0.540. The van der Waals surface area contributed by atoms with Gasteiger partial charge in [-0.25, -0.2) is 0 Å². The van der Waals surface area contributed by atoms with Gasteiger partial charge in [0, 0.05) is 13.0 Å². The summed E-state index contributed by atoms with van der Waals surface area (Å²) < 4.78 is 0. The Kier molecular flexibility index (Phi) is 4.48. The fraction of sp³-hybridized carbons (Fsp3) is 0.727. The van der Waals surface area contributed by atoms with Crippen LogP contribution in [-0.2, 0) is 4.79 Å².